The summed E-state index contributed by atoms with van der Waals surface area (Å²) in [5, 5.41) is 23.0. The molecule has 2 atom stereocenters. The number of halogens is 2. The number of hydrogen-bond acceptors (Lipinski definition) is 3. The molecule has 0 bridgehead atoms. The van der Waals surface area contributed by atoms with E-state index in [0.717, 1.165) is 0 Å². The van der Waals surface area contributed by atoms with Crippen LogP contribution >= 0.6 is 23.2 Å². The average molecular weight is 320 g/mol. The summed E-state index contributed by atoms with van der Waals surface area (Å²) >= 11 is 11.6. The van der Waals surface area contributed by atoms with E-state index in [-0.39, 0.29) is 12.0 Å². The molecule has 1 rings (SSSR count). The minimum atomic E-state index is -1.38. The SMILES string of the molecule is CC(C)(C)C(O)CNC(=O)C(O)c1cc(Cl)cc(Cl)c1. The molecule has 1 amide bonds. The predicted molar refractivity (Wildman–Crippen MR) is 79.9 cm³/mol. The summed E-state index contributed by atoms with van der Waals surface area (Å²) in [6, 6.07) is 4.45. The molecule has 0 saturated heterocycles. The van der Waals surface area contributed by atoms with Gasteiger partial charge in [0, 0.05) is 16.6 Å². The third-order valence-electron chi connectivity index (χ3n) is 2.92. The van der Waals surface area contributed by atoms with Crippen molar-refractivity contribution in [3.8, 4) is 0 Å². The number of carbonyl (C=O) groups is 1. The van der Waals surface area contributed by atoms with E-state index >= 15 is 0 Å². The summed E-state index contributed by atoms with van der Waals surface area (Å²) in [6.07, 6.45) is -2.08. The molecule has 6 heteroatoms. The van der Waals surface area contributed by atoms with Gasteiger partial charge in [-0.25, -0.2) is 0 Å². The van der Waals surface area contributed by atoms with Crippen LogP contribution < -0.4 is 5.32 Å². The van der Waals surface area contributed by atoms with Crippen molar-refractivity contribution < 1.29 is 15.0 Å². The highest BCUT2D eigenvalue weighted by Gasteiger charge is 2.24. The maximum Gasteiger partial charge on any atom is 0.253 e. The van der Waals surface area contributed by atoms with Crippen LogP contribution in [-0.4, -0.2) is 28.8 Å². The second kappa shape index (κ2) is 6.76. The first-order valence-corrected chi connectivity index (χ1v) is 6.96. The fourth-order valence-corrected chi connectivity index (χ4v) is 2.03. The van der Waals surface area contributed by atoms with E-state index in [4.69, 9.17) is 23.2 Å². The van der Waals surface area contributed by atoms with Crippen LogP contribution in [-0.2, 0) is 4.79 Å². The van der Waals surface area contributed by atoms with Crippen molar-refractivity contribution in [3.63, 3.8) is 0 Å². The standard InChI is InChI=1S/C14H19Cl2NO3/c1-14(2,3)11(18)7-17-13(20)12(19)8-4-9(15)6-10(16)5-8/h4-6,11-12,18-19H,7H2,1-3H3,(H,17,20). The fraction of sp³-hybridized carbons (Fsp3) is 0.500. The van der Waals surface area contributed by atoms with Gasteiger partial charge in [0.25, 0.3) is 5.91 Å². The zero-order chi connectivity index (χ0) is 15.5. The molecular weight excluding hydrogens is 301 g/mol. The number of benzene rings is 1. The van der Waals surface area contributed by atoms with Crippen LogP contribution in [0.1, 0.15) is 32.4 Å². The molecule has 20 heavy (non-hydrogen) atoms. The van der Waals surface area contributed by atoms with Crippen molar-refractivity contribution >= 4 is 29.1 Å². The Hall–Kier alpha value is -0.810. The Bertz CT molecular complexity index is 466. The van der Waals surface area contributed by atoms with Crippen molar-refractivity contribution in [2.75, 3.05) is 6.54 Å². The quantitative estimate of drug-likeness (QED) is 0.798. The van der Waals surface area contributed by atoms with E-state index < -0.39 is 18.1 Å². The van der Waals surface area contributed by atoms with E-state index in [0.29, 0.717) is 15.6 Å². The van der Waals surface area contributed by atoms with Crippen LogP contribution in [0.25, 0.3) is 0 Å². The number of nitrogens with one attached hydrogen (secondary N) is 1. The molecule has 0 saturated carbocycles. The van der Waals surface area contributed by atoms with Gasteiger partial charge >= 0.3 is 0 Å². The van der Waals surface area contributed by atoms with Crippen molar-refractivity contribution in [2.45, 2.75) is 33.0 Å². The van der Waals surface area contributed by atoms with Gasteiger partial charge in [0.15, 0.2) is 6.10 Å². The number of rotatable bonds is 4. The van der Waals surface area contributed by atoms with Gasteiger partial charge in [-0.2, -0.15) is 0 Å². The third-order valence-corrected chi connectivity index (χ3v) is 3.35. The molecule has 0 aliphatic carbocycles. The maximum absolute atomic E-state index is 11.8. The molecule has 0 aliphatic rings. The number of aliphatic hydroxyl groups excluding tert-OH is 2. The summed E-state index contributed by atoms with van der Waals surface area (Å²) in [5.41, 5.74) is -0.0392. The Balaban J connectivity index is 2.68. The van der Waals surface area contributed by atoms with Gasteiger partial charge in [0.2, 0.25) is 0 Å². The molecule has 1 aromatic rings. The topological polar surface area (TPSA) is 69.6 Å². The Morgan fingerprint density at radius 1 is 1.20 bits per heavy atom. The predicted octanol–water partition coefficient (Wildman–Crippen LogP) is 2.55. The Kier molecular flexibility index (Phi) is 5.83. The third kappa shape index (κ3) is 4.94. The monoisotopic (exact) mass is 319 g/mol. The van der Waals surface area contributed by atoms with Crippen LogP contribution in [0.4, 0.5) is 0 Å². The molecule has 1 aromatic carbocycles. The molecule has 112 valence electrons. The lowest BCUT2D eigenvalue weighted by atomic mass is 9.89. The molecule has 2 unspecified atom stereocenters. The van der Waals surface area contributed by atoms with Crippen LogP contribution in [0.15, 0.2) is 18.2 Å². The van der Waals surface area contributed by atoms with E-state index in [9.17, 15) is 15.0 Å². The first-order valence-electron chi connectivity index (χ1n) is 6.21. The molecule has 4 nitrogen and oxygen atoms in total. The first kappa shape index (κ1) is 17.2. The second-order valence-corrected chi connectivity index (χ2v) is 6.61. The number of carbonyl (C=O) groups excluding carboxylic acids is 1. The zero-order valence-electron chi connectivity index (χ0n) is 11.7. The van der Waals surface area contributed by atoms with E-state index in [1.807, 2.05) is 20.8 Å². The lowest BCUT2D eigenvalue weighted by Crippen LogP contribution is -2.41. The minimum absolute atomic E-state index is 0.0632. The van der Waals surface area contributed by atoms with Gasteiger partial charge in [0.05, 0.1) is 6.10 Å². The van der Waals surface area contributed by atoms with Crippen molar-refractivity contribution in [1.29, 1.82) is 0 Å². The van der Waals surface area contributed by atoms with Gasteiger partial charge in [-0.15, -0.1) is 0 Å². The van der Waals surface area contributed by atoms with Crippen molar-refractivity contribution in [1.82, 2.24) is 5.32 Å². The number of amides is 1. The van der Waals surface area contributed by atoms with Crippen LogP contribution in [0, 0.1) is 5.41 Å². The van der Waals surface area contributed by atoms with Gasteiger partial charge in [-0.3, -0.25) is 4.79 Å². The van der Waals surface area contributed by atoms with Gasteiger partial charge < -0.3 is 15.5 Å². The Morgan fingerprint density at radius 2 is 1.70 bits per heavy atom. The van der Waals surface area contributed by atoms with E-state index in [2.05, 4.69) is 5.32 Å². The highest BCUT2D eigenvalue weighted by Crippen LogP contribution is 2.24. The molecule has 0 radical (unpaired) electrons. The molecular formula is C14H19Cl2NO3. The highest BCUT2D eigenvalue weighted by molar-refractivity contribution is 6.34. The summed E-state index contributed by atoms with van der Waals surface area (Å²) in [6.45, 7) is 5.64. The average Bonchev–Trinajstić information content (AvgIpc) is 2.32. The smallest absolute Gasteiger partial charge is 0.253 e. The lowest BCUT2D eigenvalue weighted by Gasteiger charge is -2.26. The van der Waals surface area contributed by atoms with Crippen molar-refractivity contribution in [2.24, 2.45) is 5.41 Å². The molecule has 3 N–H and O–H groups in total. The highest BCUT2D eigenvalue weighted by atomic mass is 35.5. The molecule has 0 fully saturated rings. The van der Waals surface area contributed by atoms with Gasteiger partial charge in [-0.05, 0) is 29.2 Å². The Morgan fingerprint density at radius 3 is 2.15 bits per heavy atom. The van der Waals surface area contributed by atoms with Crippen LogP contribution in [0.2, 0.25) is 10.0 Å². The summed E-state index contributed by atoms with van der Waals surface area (Å²) < 4.78 is 0. The summed E-state index contributed by atoms with van der Waals surface area (Å²) in [7, 11) is 0. The van der Waals surface area contributed by atoms with Crippen LogP contribution in [0.3, 0.4) is 0 Å². The zero-order valence-corrected chi connectivity index (χ0v) is 13.2. The Labute approximate surface area is 128 Å². The van der Waals surface area contributed by atoms with Crippen LogP contribution in [0.5, 0.6) is 0 Å². The largest absolute Gasteiger partial charge is 0.391 e. The van der Waals surface area contributed by atoms with Crippen molar-refractivity contribution in [3.05, 3.63) is 33.8 Å². The molecule has 0 heterocycles. The normalized spacial score (nSPS) is 14.8. The van der Waals surface area contributed by atoms with E-state index in [1.165, 1.54) is 18.2 Å². The summed E-state index contributed by atoms with van der Waals surface area (Å²) in [5.74, 6) is -0.605. The summed E-state index contributed by atoms with van der Waals surface area (Å²) in [4.78, 5) is 11.8. The lowest BCUT2D eigenvalue weighted by molar-refractivity contribution is -0.130. The molecule has 0 spiro atoms. The van der Waals surface area contributed by atoms with E-state index in [1.54, 1.807) is 0 Å². The number of aliphatic hydroxyl groups is 2. The minimum Gasteiger partial charge on any atom is -0.391 e. The molecule has 0 aromatic heterocycles. The van der Waals surface area contributed by atoms with Gasteiger partial charge in [-0.1, -0.05) is 44.0 Å². The van der Waals surface area contributed by atoms with Gasteiger partial charge in [0.1, 0.15) is 0 Å². The fourth-order valence-electron chi connectivity index (χ4n) is 1.48. The number of hydrogen-bond donors (Lipinski definition) is 3. The maximum atomic E-state index is 11.8. The second-order valence-electron chi connectivity index (χ2n) is 5.73. The first-order chi connectivity index (χ1) is 9.11. The molecule has 0 aliphatic heterocycles.